The van der Waals surface area contributed by atoms with Gasteiger partial charge in [0.15, 0.2) is 0 Å². The maximum atomic E-state index is 6.48. The van der Waals surface area contributed by atoms with Crippen LogP contribution in [0.4, 0.5) is 5.69 Å². The predicted octanol–water partition coefficient (Wildman–Crippen LogP) is 3.56. The first-order chi connectivity index (χ1) is 10.2. The number of hydrogen-bond donors (Lipinski definition) is 1. The van der Waals surface area contributed by atoms with E-state index in [0.717, 1.165) is 47.8 Å². The van der Waals surface area contributed by atoms with E-state index in [2.05, 4.69) is 32.8 Å². The molecule has 0 aliphatic carbocycles. The molecule has 4 nitrogen and oxygen atoms in total. The Morgan fingerprint density at radius 3 is 3.14 bits per heavy atom. The molecular formula is C15H21ClN4S. The first kappa shape index (κ1) is 15.0. The largest absolute Gasteiger partial charge is 0.367 e. The summed E-state index contributed by atoms with van der Waals surface area (Å²) in [5.74, 6) is 0.650. The Balaban J connectivity index is 1.96. The van der Waals surface area contributed by atoms with Gasteiger partial charge in [0.1, 0.15) is 11.0 Å². The Morgan fingerprint density at radius 2 is 2.33 bits per heavy atom. The van der Waals surface area contributed by atoms with E-state index in [4.69, 9.17) is 11.6 Å². The molecule has 0 spiro atoms. The van der Waals surface area contributed by atoms with Gasteiger partial charge in [-0.1, -0.05) is 31.9 Å². The van der Waals surface area contributed by atoms with Crippen LogP contribution in [0.5, 0.6) is 0 Å². The molecule has 1 N–H and O–H groups in total. The maximum Gasteiger partial charge on any atom is 0.129 e. The average Bonchev–Trinajstić information content (AvgIpc) is 2.83. The number of halogens is 1. The van der Waals surface area contributed by atoms with Crippen LogP contribution in [0.1, 0.15) is 26.7 Å². The van der Waals surface area contributed by atoms with Crippen molar-refractivity contribution in [1.29, 1.82) is 0 Å². The molecule has 2 atom stereocenters. The lowest BCUT2D eigenvalue weighted by atomic mass is 9.99. The van der Waals surface area contributed by atoms with E-state index in [-0.39, 0.29) is 0 Å². The van der Waals surface area contributed by atoms with E-state index >= 15 is 0 Å². The van der Waals surface area contributed by atoms with Gasteiger partial charge in [0.25, 0.3) is 0 Å². The van der Waals surface area contributed by atoms with Crippen molar-refractivity contribution in [2.24, 2.45) is 5.92 Å². The van der Waals surface area contributed by atoms with Crippen molar-refractivity contribution in [2.75, 3.05) is 24.5 Å². The highest BCUT2D eigenvalue weighted by Gasteiger charge is 2.25. The van der Waals surface area contributed by atoms with Crippen LogP contribution < -0.4 is 10.2 Å². The molecule has 114 valence electrons. The van der Waals surface area contributed by atoms with Crippen LogP contribution in [0.3, 0.4) is 0 Å². The molecule has 1 aliphatic rings. The normalized spacial score (nSPS) is 21.5. The average molecular weight is 325 g/mol. The number of rotatable bonds is 3. The standard InChI is InChI=1S/C15H21ClN4S/c1-3-10(2)13-9-20(8-4-7-17-13)15-11(16)5-6-12-14(15)19-21-18-12/h5-6,10,13,17H,3-4,7-9H2,1-2H3. The lowest BCUT2D eigenvalue weighted by Crippen LogP contribution is -2.42. The van der Waals surface area contributed by atoms with Crippen LogP contribution in [-0.4, -0.2) is 34.4 Å². The van der Waals surface area contributed by atoms with Gasteiger partial charge in [0, 0.05) is 19.1 Å². The summed E-state index contributed by atoms with van der Waals surface area (Å²) in [5, 5.41) is 4.45. The van der Waals surface area contributed by atoms with Gasteiger partial charge < -0.3 is 10.2 Å². The number of aromatic nitrogens is 2. The fraction of sp³-hybridized carbons (Fsp3) is 0.600. The summed E-state index contributed by atoms with van der Waals surface area (Å²) in [7, 11) is 0. The van der Waals surface area contributed by atoms with Crippen molar-refractivity contribution in [3.63, 3.8) is 0 Å². The molecule has 1 aliphatic heterocycles. The SMILES string of the molecule is CCC(C)C1CN(c2c(Cl)ccc3nsnc23)CCCN1. The minimum absolute atomic E-state index is 0.496. The lowest BCUT2D eigenvalue weighted by molar-refractivity contribution is 0.384. The van der Waals surface area contributed by atoms with Gasteiger partial charge >= 0.3 is 0 Å². The molecule has 2 aromatic rings. The Morgan fingerprint density at radius 1 is 1.48 bits per heavy atom. The zero-order valence-electron chi connectivity index (χ0n) is 12.5. The van der Waals surface area contributed by atoms with Crippen molar-refractivity contribution < 1.29 is 0 Å². The Labute approximate surface area is 134 Å². The van der Waals surface area contributed by atoms with E-state index in [1.54, 1.807) is 0 Å². The molecular weight excluding hydrogens is 304 g/mol. The van der Waals surface area contributed by atoms with Crippen molar-refractivity contribution in [3.8, 4) is 0 Å². The van der Waals surface area contributed by atoms with Gasteiger partial charge in [-0.05, 0) is 31.0 Å². The van der Waals surface area contributed by atoms with Crippen molar-refractivity contribution in [3.05, 3.63) is 17.2 Å². The highest BCUT2D eigenvalue weighted by molar-refractivity contribution is 7.00. The highest BCUT2D eigenvalue weighted by atomic mass is 35.5. The summed E-state index contributed by atoms with van der Waals surface area (Å²) in [4.78, 5) is 2.39. The van der Waals surface area contributed by atoms with E-state index < -0.39 is 0 Å². The lowest BCUT2D eigenvalue weighted by Gasteiger charge is -2.30. The zero-order chi connectivity index (χ0) is 14.8. The summed E-state index contributed by atoms with van der Waals surface area (Å²) in [6.07, 6.45) is 2.30. The Kier molecular flexibility index (Phi) is 4.62. The second kappa shape index (κ2) is 6.46. The third kappa shape index (κ3) is 3.00. The quantitative estimate of drug-likeness (QED) is 0.937. The van der Waals surface area contributed by atoms with Gasteiger partial charge in [-0.2, -0.15) is 8.75 Å². The number of nitrogens with one attached hydrogen (secondary N) is 1. The van der Waals surface area contributed by atoms with Gasteiger partial charge in [0.05, 0.1) is 22.4 Å². The fourth-order valence-electron chi connectivity index (χ4n) is 2.93. The van der Waals surface area contributed by atoms with Crippen molar-refractivity contribution in [1.82, 2.24) is 14.1 Å². The van der Waals surface area contributed by atoms with Crippen LogP contribution in [0.2, 0.25) is 5.02 Å². The molecule has 21 heavy (non-hydrogen) atoms. The highest BCUT2D eigenvalue weighted by Crippen LogP contribution is 2.34. The number of nitrogens with zero attached hydrogens (tertiary/aromatic N) is 3. The monoisotopic (exact) mass is 324 g/mol. The first-order valence-electron chi connectivity index (χ1n) is 7.59. The fourth-order valence-corrected chi connectivity index (χ4v) is 3.74. The molecule has 0 saturated carbocycles. The second-order valence-electron chi connectivity index (χ2n) is 5.77. The third-order valence-corrected chi connectivity index (χ3v) is 5.28. The van der Waals surface area contributed by atoms with E-state index in [1.807, 2.05) is 12.1 Å². The first-order valence-corrected chi connectivity index (χ1v) is 8.70. The molecule has 3 rings (SSSR count). The summed E-state index contributed by atoms with van der Waals surface area (Å²) in [6, 6.07) is 4.39. The molecule has 0 radical (unpaired) electrons. The molecule has 2 unspecified atom stereocenters. The van der Waals surface area contributed by atoms with E-state index in [9.17, 15) is 0 Å². The minimum atomic E-state index is 0.496. The number of benzene rings is 1. The van der Waals surface area contributed by atoms with Crippen LogP contribution in [0.15, 0.2) is 12.1 Å². The minimum Gasteiger partial charge on any atom is -0.367 e. The van der Waals surface area contributed by atoms with Crippen LogP contribution in [0.25, 0.3) is 11.0 Å². The van der Waals surface area contributed by atoms with Crippen LogP contribution in [0, 0.1) is 5.92 Å². The van der Waals surface area contributed by atoms with Gasteiger partial charge in [-0.3, -0.25) is 0 Å². The maximum absolute atomic E-state index is 6.48. The summed E-state index contributed by atoms with van der Waals surface area (Å²) in [5.41, 5.74) is 2.94. The van der Waals surface area contributed by atoms with Gasteiger partial charge in [-0.15, -0.1) is 0 Å². The Hall–Kier alpha value is -0.910. The topological polar surface area (TPSA) is 41.1 Å². The molecule has 1 aromatic carbocycles. The molecule has 0 bridgehead atoms. The van der Waals surface area contributed by atoms with Crippen LogP contribution >= 0.6 is 23.3 Å². The van der Waals surface area contributed by atoms with Gasteiger partial charge in [0.2, 0.25) is 0 Å². The summed E-state index contributed by atoms with van der Waals surface area (Å²) in [6.45, 7) is 7.61. The van der Waals surface area contributed by atoms with Crippen LogP contribution in [-0.2, 0) is 0 Å². The molecule has 0 amide bonds. The molecule has 1 aromatic heterocycles. The molecule has 1 saturated heterocycles. The smallest absolute Gasteiger partial charge is 0.129 e. The molecule has 1 fully saturated rings. The van der Waals surface area contributed by atoms with E-state index in [1.165, 1.54) is 18.1 Å². The molecule has 2 heterocycles. The summed E-state index contributed by atoms with van der Waals surface area (Å²) >= 11 is 7.74. The van der Waals surface area contributed by atoms with Crippen molar-refractivity contribution in [2.45, 2.75) is 32.7 Å². The third-order valence-electron chi connectivity index (χ3n) is 4.43. The Bertz CT molecular complexity index is 615. The zero-order valence-corrected chi connectivity index (χ0v) is 14.0. The molecule has 6 heteroatoms. The number of fused-ring (bicyclic) bond motifs is 1. The predicted molar refractivity (Wildman–Crippen MR) is 90.5 cm³/mol. The number of anilines is 1. The summed E-state index contributed by atoms with van der Waals surface area (Å²) < 4.78 is 8.80. The van der Waals surface area contributed by atoms with E-state index in [0.29, 0.717) is 12.0 Å². The van der Waals surface area contributed by atoms with Crippen molar-refractivity contribution >= 4 is 40.0 Å². The van der Waals surface area contributed by atoms with Gasteiger partial charge in [-0.25, -0.2) is 0 Å². The second-order valence-corrected chi connectivity index (χ2v) is 6.71. The number of hydrogen-bond acceptors (Lipinski definition) is 5.